The van der Waals surface area contributed by atoms with Crippen LogP contribution < -0.4 is 14.8 Å². The van der Waals surface area contributed by atoms with Gasteiger partial charge in [0.05, 0.1) is 11.7 Å². The van der Waals surface area contributed by atoms with Crippen molar-refractivity contribution in [3.8, 4) is 17.6 Å². The number of carbonyl (C=O) groups is 1. The summed E-state index contributed by atoms with van der Waals surface area (Å²) in [5.74, 6) is -0.686. The number of aromatic nitrogens is 1. The number of piperidine rings is 1. The number of carbonyl (C=O) groups excluding carboxylic acids is 1. The molecule has 36 heavy (non-hydrogen) atoms. The monoisotopic (exact) mass is 499 g/mol. The molecule has 0 unspecified atom stereocenters. The number of nitrogens with zero attached hydrogens (tertiary/aromatic N) is 2. The fourth-order valence-corrected chi connectivity index (χ4v) is 4.98. The summed E-state index contributed by atoms with van der Waals surface area (Å²) >= 11 is 0. The summed E-state index contributed by atoms with van der Waals surface area (Å²) in [6, 6.07) is 11.6. The average Bonchev–Trinajstić information content (AvgIpc) is 3.50. The summed E-state index contributed by atoms with van der Waals surface area (Å²) in [7, 11) is 0. The Hall–Kier alpha value is -3.74. The highest BCUT2D eigenvalue weighted by molar-refractivity contribution is 5.81. The summed E-state index contributed by atoms with van der Waals surface area (Å²) in [5, 5.41) is 12.2. The molecule has 2 aromatic carbocycles. The Bertz CT molecular complexity index is 1310. The lowest BCUT2D eigenvalue weighted by atomic mass is 9.83. The third-order valence-electron chi connectivity index (χ3n) is 6.73. The predicted molar refractivity (Wildman–Crippen MR) is 122 cm³/mol. The lowest BCUT2D eigenvalue weighted by Crippen LogP contribution is -2.41. The number of fused-ring (bicyclic) bond motifs is 1. The average molecular weight is 499 g/mol. The van der Waals surface area contributed by atoms with Crippen LogP contribution >= 0.6 is 0 Å². The number of hydrogen-bond acceptors (Lipinski definition) is 6. The third-order valence-corrected chi connectivity index (χ3v) is 6.73. The van der Waals surface area contributed by atoms with Crippen LogP contribution in [0.3, 0.4) is 0 Å². The first-order valence-electron chi connectivity index (χ1n) is 11.9. The van der Waals surface area contributed by atoms with Gasteiger partial charge in [0.15, 0.2) is 23.0 Å². The van der Waals surface area contributed by atoms with Gasteiger partial charge in [-0.1, -0.05) is 12.1 Å². The molecule has 0 radical (unpaired) electrons. The number of benzene rings is 2. The molecule has 2 atom stereocenters. The number of ether oxygens (including phenoxy) is 2. The number of para-hydroxylation sites is 1. The van der Waals surface area contributed by atoms with Crippen molar-refractivity contribution >= 4 is 17.0 Å². The van der Waals surface area contributed by atoms with Crippen molar-refractivity contribution < 1.29 is 31.9 Å². The molecule has 10 heteroatoms. The van der Waals surface area contributed by atoms with Gasteiger partial charge in [0.2, 0.25) is 5.91 Å². The van der Waals surface area contributed by atoms with Gasteiger partial charge >= 0.3 is 6.36 Å². The Balaban J connectivity index is 1.36. The zero-order valence-electron chi connectivity index (χ0n) is 19.3. The summed E-state index contributed by atoms with van der Waals surface area (Å²) in [5.41, 5.74) is 2.08. The standard InChI is InChI=1S/C26H24F3N3O4/c27-26(28,29)36-20-9-8-15(11-22(20)34-19-5-1-2-6-19)18-10-17(25(33)31-14-18)12-23-32-24-16(13-30)4-3-7-21(24)35-23/h3-4,7-9,11,17-19H,1-2,5-6,10,12,14H2,(H,31,33)/t17-,18-/m1/s1. The lowest BCUT2D eigenvalue weighted by Gasteiger charge is -2.29. The zero-order valence-corrected chi connectivity index (χ0v) is 19.3. The van der Waals surface area contributed by atoms with Gasteiger partial charge < -0.3 is 19.2 Å². The molecule has 2 heterocycles. The second kappa shape index (κ2) is 9.72. The predicted octanol–water partition coefficient (Wildman–Crippen LogP) is 5.38. The lowest BCUT2D eigenvalue weighted by molar-refractivity contribution is -0.275. The van der Waals surface area contributed by atoms with Crippen LogP contribution in [0.15, 0.2) is 40.8 Å². The van der Waals surface area contributed by atoms with Crippen LogP contribution in [-0.4, -0.2) is 29.9 Å². The van der Waals surface area contributed by atoms with Gasteiger partial charge in [0, 0.05) is 24.8 Å². The minimum absolute atomic E-state index is 0.0631. The van der Waals surface area contributed by atoms with Crippen molar-refractivity contribution in [2.24, 2.45) is 5.92 Å². The fraction of sp³-hybridized carbons (Fsp3) is 0.423. The maximum absolute atomic E-state index is 13.0. The van der Waals surface area contributed by atoms with E-state index in [-0.39, 0.29) is 35.8 Å². The quantitative estimate of drug-likeness (QED) is 0.489. The summed E-state index contributed by atoms with van der Waals surface area (Å²) in [4.78, 5) is 17.0. The molecule has 3 aromatic rings. The molecule has 2 fully saturated rings. The van der Waals surface area contributed by atoms with Gasteiger partial charge in [-0.15, -0.1) is 13.2 Å². The number of alkyl halides is 3. The second-order valence-corrected chi connectivity index (χ2v) is 9.23. The molecular weight excluding hydrogens is 475 g/mol. The number of oxazole rings is 1. The zero-order chi connectivity index (χ0) is 25.3. The van der Waals surface area contributed by atoms with E-state index < -0.39 is 12.3 Å². The number of nitriles is 1. The van der Waals surface area contributed by atoms with Gasteiger partial charge in [-0.25, -0.2) is 4.98 Å². The molecule has 2 aliphatic rings. The Morgan fingerprint density at radius 1 is 1.17 bits per heavy atom. The highest BCUT2D eigenvalue weighted by atomic mass is 19.4. The Morgan fingerprint density at radius 2 is 1.97 bits per heavy atom. The number of halogens is 3. The van der Waals surface area contributed by atoms with Gasteiger partial charge in [0.1, 0.15) is 11.6 Å². The molecule has 0 bridgehead atoms. The van der Waals surface area contributed by atoms with E-state index in [9.17, 15) is 23.2 Å². The highest BCUT2D eigenvalue weighted by Gasteiger charge is 2.35. The number of amides is 1. The molecule has 7 nitrogen and oxygen atoms in total. The van der Waals surface area contributed by atoms with Crippen LogP contribution in [0.25, 0.3) is 11.1 Å². The van der Waals surface area contributed by atoms with Crippen LogP contribution in [0.2, 0.25) is 0 Å². The summed E-state index contributed by atoms with van der Waals surface area (Å²) in [6.45, 7) is 0.351. The van der Waals surface area contributed by atoms with E-state index in [4.69, 9.17) is 9.15 Å². The van der Waals surface area contributed by atoms with Gasteiger partial charge in [-0.2, -0.15) is 5.26 Å². The van der Waals surface area contributed by atoms with Gasteiger partial charge in [-0.3, -0.25) is 4.79 Å². The Morgan fingerprint density at radius 3 is 2.72 bits per heavy atom. The van der Waals surface area contributed by atoms with E-state index >= 15 is 0 Å². The van der Waals surface area contributed by atoms with Crippen LogP contribution in [0.1, 0.15) is 55.0 Å². The Kier molecular flexibility index (Phi) is 6.48. The second-order valence-electron chi connectivity index (χ2n) is 9.23. The first kappa shape index (κ1) is 24.0. The number of hydrogen-bond donors (Lipinski definition) is 1. The normalized spacial score (nSPS) is 20.8. The largest absolute Gasteiger partial charge is 0.573 e. The van der Waals surface area contributed by atoms with Crippen molar-refractivity contribution in [2.75, 3.05) is 6.54 Å². The maximum atomic E-state index is 13.0. The van der Waals surface area contributed by atoms with Crippen molar-refractivity contribution in [1.82, 2.24) is 10.3 Å². The Labute approximate surface area is 205 Å². The smallest absolute Gasteiger partial charge is 0.487 e. The molecule has 1 N–H and O–H groups in total. The minimum atomic E-state index is -4.83. The topological polar surface area (TPSA) is 97.4 Å². The number of rotatable bonds is 6. The molecule has 1 saturated heterocycles. The molecule has 1 saturated carbocycles. The van der Waals surface area contributed by atoms with E-state index in [1.807, 2.05) is 0 Å². The summed E-state index contributed by atoms with van der Waals surface area (Å²) < 4.78 is 54.8. The molecule has 1 amide bonds. The van der Waals surface area contributed by atoms with Crippen LogP contribution in [0.5, 0.6) is 11.5 Å². The fourth-order valence-electron chi connectivity index (χ4n) is 4.98. The molecule has 1 aromatic heterocycles. The van der Waals surface area contributed by atoms with Crippen LogP contribution in [0.4, 0.5) is 13.2 Å². The first-order chi connectivity index (χ1) is 17.3. The molecule has 188 valence electrons. The van der Waals surface area contributed by atoms with Gasteiger partial charge in [0.25, 0.3) is 0 Å². The van der Waals surface area contributed by atoms with Crippen molar-refractivity contribution in [3.63, 3.8) is 0 Å². The van der Waals surface area contributed by atoms with Gasteiger partial charge in [-0.05, 0) is 61.9 Å². The van der Waals surface area contributed by atoms with Crippen molar-refractivity contribution in [2.45, 2.75) is 56.9 Å². The molecule has 0 spiro atoms. The number of nitrogens with one attached hydrogen (secondary N) is 1. The molecule has 1 aliphatic carbocycles. The first-order valence-corrected chi connectivity index (χ1v) is 11.9. The molecular formula is C26H24F3N3O4. The maximum Gasteiger partial charge on any atom is 0.573 e. The van der Waals surface area contributed by atoms with E-state index in [0.717, 1.165) is 31.2 Å². The minimum Gasteiger partial charge on any atom is -0.487 e. The van der Waals surface area contributed by atoms with E-state index in [2.05, 4.69) is 21.1 Å². The SMILES string of the molecule is N#Cc1cccc2oc(C[C@H]3C[C@@H](c4ccc(OC(F)(F)F)c(OC5CCCC5)c4)CNC3=O)nc12. The van der Waals surface area contributed by atoms with E-state index in [1.54, 1.807) is 30.3 Å². The molecule has 1 aliphatic heterocycles. The summed E-state index contributed by atoms with van der Waals surface area (Å²) in [6.07, 6.45) is -0.758. The highest BCUT2D eigenvalue weighted by Crippen LogP contribution is 2.39. The molecule has 5 rings (SSSR count). The van der Waals surface area contributed by atoms with Crippen LogP contribution in [-0.2, 0) is 11.2 Å². The van der Waals surface area contributed by atoms with Crippen LogP contribution in [0, 0.1) is 17.2 Å². The van der Waals surface area contributed by atoms with E-state index in [1.165, 1.54) is 6.07 Å². The van der Waals surface area contributed by atoms with Crippen molar-refractivity contribution in [1.29, 1.82) is 5.26 Å². The van der Waals surface area contributed by atoms with E-state index in [0.29, 0.717) is 35.5 Å². The van der Waals surface area contributed by atoms with Crippen molar-refractivity contribution in [3.05, 3.63) is 53.4 Å². The third kappa shape index (κ3) is 5.25.